The van der Waals surface area contributed by atoms with Crippen LogP contribution in [0.3, 0.4) is 0 Å². The largest absolute Gasteiger partial charge is 0.493 e. The summed E-state index contributed by atoms with van der Waals surface area (Å²) in [5.74, 6) is 0.256. The van der Waals surface area contributed by atoms with Crippen molar-refractivity contribution in [2.45, 2.75) is 26.1 Å². The SMILES string of the molecule is CCOP(=O)(OCC)C(Nc1ccc(CC(=O)Oc2cc(/C=C\c3cc(OC)c(OC)c(OC)c3)ccc2OC)cc1)c1cccc(F)c1. The van der Waals surface area contributed by atoms with Gasteiger partial charge in [0, 0.05) is 5.69 Å². The molecule has 0 saturated heterocycles. The summed E-state index contributed by atoms with van der Waals surface area (Å²) in [6, 6.07) is 21.6. The fourth-order valence-electron chi connectivity index (χ4n) is 5.04. The third-order valence-corrected chi connectivity index (χ3v) is 9.57. The molecule has 10 nitrogen and oxygen atoms in total. The number of carbonyl (C=O) groups excluding carboxylic acids is 1. The van der Waals surface area contributed by atoms with Crippen LogP contribution in [-0.4, -0.2) is 47.6 Å². The van der Waals surface area contributed by atoms with Crippen LogP contribution in [0.1, 0.15) is 41.9 Å². The van der Waals surface area contributed by atoms with E-state index in [1.807, 2.05) is 30.4 Å². The molecule has 0 aliphatic heterocycles. The molecule has 1 N–H and O–H groups in total. The molecule has 1 unspecified atom stereocenters. The van der Waals surface area contributed by atoms with Crippen LogP contribution in [0.25, 0.3) is 12.2 Å². The molecule has 4 rings (SSSR count). The number of rotatable bonds is 17. The number of anilines is 1. The van der Waals surface area contributed by atoms with Gasteiger partial charge in [-0.25, -0.2) is 4.39 Å². The van der Waals surface area contributed by atoms with Gasteiger partial charge in [0.2, 0.25) is 5.75 Å². The zero-order valence-electron chi connectivity index (χ0n) is 28.4. The van der Waals surface area contributed by atoms with Crippen molar-refractivity contribution in [1.29, 1.82) is 0 Å². The van der Waals surface area contributed by atoms with Crippen LogP contribution in [0.15, 0.2) is 78.9 Å². The molecule has 260 valence electrons. The Hall–Kier alpha value is -4.83. The van der Waals surface area contributed by atoms with Crippen molar-refractivity contribution < 1.29 is 46.5 Å². The number of ether oxygens (including phenoxy) is 5. The lowest BCUT2D eigenvalue weighted by atomic mass is 10.1. The van der Waals surface area contributed by atoms with Crippen LogP contribution in [0.4, 0.5) is 10.1 Å². The number of hydrogen-bond acceptors (Lipinski definition) is 10. The van der Waals surface area contributed by atoms with Crippen molar-refractivity contribution in [3.63, 3.8) is 0 Å². The fourth-order valence-corrected chi connectivity index (χ4v) is 6.96. The molecule has 4 aromatic rings. The molecule has 49 heavy (non-hydrogen) atoms. The Morgan fingerprint density at radius 3 is 1.94 bits per heavy atom. The highest BCUT2D eigenvalue weighted by atomic mass is 31.2. The van der Waals surface area contributed by atoms with E-state index in [2.05, 4.69) is 5.32 Å². The maximum Gasteiger partial charge on any atom is 0.357 e. The number of halogens is 1. The van der Waals surface area contributed by atoms with Gasteiger partial charge in [-0.2, -0.15) is 0 Å². The molecule has 0 aromatic heterocycles. The summed E-state index contributed by atoms with van der Waals surface area (Å²) in [5.41, 5.74) is 3.22. The Kier molecular flexibility index (Phi) is 13.2. The summed E-state index contributed by atoms with van der Waals surface area (Å²) in [6.07, 6.45) is 3.70. The molecule has 0 aliphatic carbocycles. The van der Waals surface area contributed by atoms with Crippen molar-refractivity contribution >= 4 is 31.4 Å². The minimum Gasteiger partial charge on any atom is -0.493 e. The lowest BCUT2D eigenvalue weighted by Gasteiger charge is -2.28. The molecule has 4 aromatic carbocycles. The first-order valence-electron chi connectivity index (χ1n) is 15.5. The van der Waals surface area contributed by atoms with Gasteiger partial charge in [0.05, 0.1) is 48.1 Å². The van der Waals surface area contributed by atoms with Crippen molar-refractivity contribution in [3.05, 3.63) is 107 Å². The first-order chi connectivity index (χ1) is 23.7. The second-order valence-corrected chi connectivity index (χ2v) is 12.6. The predicted molar refractivity (Wildman–Crippen MR) is 187 cm³/mol. The number of esters is 1. The second-order valence-electron chi connectivity index (χ2n) is 10.5. The topological polar surface area (TPSA) is 111 Å². The Labute approximate surface area is 286 Å². The van der Waals surface area contributed by atoms with Gasteiger partial charge in [0.15, 0.2) is 28.8 Å². The quantitative estimate of drug-likeness (QED) is 0.0500. The fraction of sp³-hybridized carbons (Fsp3) is 0.270. The van der Waals surface area contributed by atoms with Crippen molar-refractivity contribution in [2.24, 2.45) is 0 Å². The van der Waals surface area contributed by atoms with Gasteiger partial charge in [0.1, 0.15) is 5.82 Å². The lowest BCUT2D eigenvalue weighted by molar-refractivity contribution is -0.133. The van der Waals surface area contributed by atoms with Gasteiger partial charge in [-0.3, -0.25) is 9.36 Å². The molecule has 0 radical (unpaired) electrons. The average Bonchev–Trinajstić information content (AvgIpc) is 3.10. The Morgan fingerprint density at radius 2 is 1.37 bits per heavy atom. The van der Waals surface area contributed by atoms with Gasteiger partial charge in [-0.15, -0.1) is 0 Å². The monoisotopic (exact) mass is 693 g/mol. The van der Waals surface area contributed by atoms with E-state index in [1.165, 1.54) is 25.3 Å². The summed E-state index contributed by atoms with van der Waals surface area (Å²) in [6.45, 7) is 3.71. The van der Waals surface area contributed by atoms with E-state index < -0.39 is 25.2 Å². The molecular formula is C37H41FNO9P. The maximum absolute atomic E-state index is 14.1. The van der Waals surface area contributed by atoms with Gasteiger partial charge >= 0.3 is 13.6 Å². The Bertz CT molecular complexity index is 1760. The van der Waals surface area contributed by atoms with Gasteiger partial charge in [-0.05, 0) is 84.6 Å². The molecule has 0 spiro atoms. The van der Waals surface area contributed by atoms with Crippen LogP contribution < -0.4 is 29.0 Å². The van der Waals surface area contributed by atoms with E-state index in [0.717, 1.165) is 11.1 Å². The van der Waals surface area contributed by atoms with E-state index in [1.54, 1.807) is 77.6 Å². The highest BCUT2D eigenvalue weighted by Gasteiger charge is 2.37. The van der Waals surface area contributed by atoms with E-state index in [4.69, 9.17) is 32.7 Å². The molecule has 1 atom stereocenters. The van der Waals surface area contributed by atoms with Crippen LogP contribution in [0, 0.1) is 5.82 Å². The average molecular weight is 694 g/mol. The molecule has 0 amide bonds. The summed E-state index contributed by atoms with van der Waals surface area (Å²) in [4.78, 5) is 13.0. The van der Waals surface area contributed by atoms with E-state index in [-0.39, 0.29) is 25.4 Å². The van der Waals surface area contributed by atoms with Gasteiger partial charge in [-0.1, -0.05) is 42.5 Å². The zero-order valence-corrected chi connectivity index (χ0v) is 29.3. The van der Waals surface area contributed by atoms with Crippen LogP contribution >= 0.6 is 7.60 Å². The number of benzene rings is 4. The molecule has 12 heteroatoms. The molecular weight excluding hydrogens is 652 g/mol. The highest BCUT2D eigenvalue weighted by Crippen LogP contribution is 2.60. The van der Waals surface area contributed by atoms with E-state index in [0.29, 0.717) is 39.8 Å². The van der Waals surface area contributed by atoms with E-state index >= 15 is 0 Å². The summed E-state index contributed by atoms with van der Waals surface area (Å²) >= 11 is 0. The first-order valence-corrected chi connectivity index (χ1v) is 17.1. The van der Waals surface area contributed by atoms with E-state index in [9.17, 15) is 13.8 Å². The molecule has 0 aliphatic rings. The molecule has 0 saturated carbocycles. The molecule has 0 fully saturated rings. The normalized spacial score (nSPS) is 12.0. The summed E-state index contributed by atoms with van der Waals surface area (Å²) in [7, 11) is 2.40. The number of carbonyl (C=O) groups is 1. The standard InChI is InChI=1S/C37H41FNO9P/c1-7-46-49(41,47-8-2)37(28-10-9-11-29(38)24-28)39-30-17-14-26(15-18-30)23-35(40)48-32-20-25(16-19-31(32)42-3)12-13-27-21-33(43-4)36(45-6)34(22-27)44-5/h9-22,24,37,39H,7-8,23H2,1-6H3/b13-12-. The smallest absolute Gasteiger partial charge is 0.357 e. The summed E-state index contributed by atoms with van der Waals surface area (Å²) in [5, 5.41) is 3.18. The predicted octanol–water partition coefficient (Wildman–Crippen LogP) is 8.56. The second kappa shape index (κ2) is 17.5. The number of hydrogen-bond donors (Lipinski definition) is 1. The van der Waals surface area contributed by atoms with Crippen LogP contribution in [0.2, 0.25) is 0 Å². The minimum atomic E-state index is -3.74. The lowest BCUT2D eigenvalue weighted by Crippen LogP contribution is -2.16. The third kappa shape index (κ3) is 9.63. The highest BCUT2D eigenvalue weighted by molar-refractivity contribution is 7.54. The molecule has 0 heterocycles. The van der Waals surface area contributed by atoms with Gasteiger partial charge in [0.25, 0.3) is 0 Å². The number of nitrogens with one attached hydrogen (secondary N) is 1. The zero-order chi connectivity index (χ0) is 35.4. The Balaban J connectivity index is 1.48. The van der Waals surface area contributed by atoms with Crippen molar-refractivity contribution in [2.75, 3.05) is 47.0 Å². The minimum absolute atomic E-state index is 0.0291. The van der Waals surface area contributed by atoms with Crippen LogP contribution in [0.5, 0.6) is 28.7 Å². The summed E-state index contributed by atoms with van der Waals surface area (Å²) < 4.78 is 66.5. The Morgan fingerprint density at radius 1 is 0.755 bits per heavy atom. The third-order valence-electron chi connectivity index (χ3n) is 7.27. The number of methoxy groups -OCH3 is 4. The van der Waals surface area contributed by atoms with Crippen molar-refractivity contribution in [3.8, 4) is 28.7 Å². The van der Waals surface area contributed by atoms with Gasteiger partial charge < -0.3 is 38.0 Å². The maximum atomic E-state index is 14.1. The first kappa shape index (κ1) is 37.0. The van der Waals surface area contributed by atoms with Crippen LogP contribution in [-0.2, 0) is 24.8 Å². The molecule has 0 bridgehead atoms. The van der Waals surface area contributed by atoms with Crippen molar-refractivity contribution in [1.82, 2.24) is 0 Å².